The first kappa shape index (κ1) is 43.8. The van der Waals surface area contributed by atoms with Crippen LogP contribution in [0.1, 0.15) is 41.3 Å². The first-order chi connectivity index (χ1) is 28.8. The Morgan fingerprint density at radius 1 is 0.542 bits per heavy atom. The molecule has 2 aliphatic rings. The standard InChI is InChI=1S/C18H22N2.C17H20N2S.C17H21NO/c1-19-12-14-20(15-13-19)18(16-8-4-2-5-9-16)17-10-6-3-7-11-17;1-13(18(2)3)12-19-14-8-4-6-10-16(14)20-17-11-7-5-9-15(17)19;1-18(2)13-14-19-17(15-9-5-3-6-10-15)16-11-7-4-8-12-16/h2-11,18H,12-15H2,1H3;4-11,13H,12H2,1-3H3;3-12,17H,13-14H2,1-2H3. The summed E-state index contributed by atoms with van der Waals surface area (Å²) in [6.07, 6.45) is 0.0161. The number of para-hydroxylation sites is 2. The van der Waals surface area contributed by atoms with Gasteiger partial charge >= 0.3 is 0 Å². The van der Waals surface area contributed by atoms with Gasteiger partial charge in [0.1, 0.15) is 6.10 Å². The molecule has 6 nitrogen and oxygen atoms in total. The van der Waals surface area contributed by atoms with Crippen LogP contribution in [0.25, 0.3) is 0 Å². The van der Waals surface area contributed by atoms with Crippen LogP contribution < -0.4 is 4.90 Å². The highest BCUT2D eigenvalue weighted by molar-refractivity contribution is 7.99. The fourth-order valence-corrected chi connectivity index (χ4v) is 8.46. The molecule has 8 rings (SSSR count). The summed E-state index contributed by atoms with van der Waals surface area (Å²) in [5, 5.41) is 0. The van der Waals surface area contributed by atoms with E-state index < -0.39 is 0 Å². The van der Waals surface area contributed by atoms with Crippen molar-refractivity contribution in [1.29, 1.82) is 0 Å². The van der Waals surface area contributed by atoms with E-state index in [0.717, 1.165) is 45.9 Å². The summed E-state index contributed by atoms with van der Waals surface area (Å²) in [7, 11) is 10.6. The van der Waals surface area contributed by atoms with Gasteiger partial charge in [0.05, 0.1) is 24.0 Å². The first-order valence-electron chi connectivity index (χ1n) is 21.0. The molecule has 1 atom stereocenters. The Labute approximate surface area is 359 Å². The Hall–Kier alpha value is -4.73. The summed E-state index contributed by atoms with van der Waals surface area (Å²) in [5.41, 5.74) is 7.83. The van der Waals surface area contributed by atoms with E-state index in [1.165, 1.54) is 43.4 Å². The summed E-state index contributed by atoms with van der Waals surface area (Å²) in [6.45, 7) is 9.48. The SMILES string of the molecule is CC(CN1c2ccccc2Sc2ccccc21)N(C)C.CN(C)CCOC(c1ccccc1)c1ccccc1.CN1CCN(C(c2ccccc2)c2ccccc2)CC1. The van der Waals surface area contributed by atoms with E-state index in [1.54, 1.807) is 0 Å². The van der Waals surface area contributed by atoms with Gasteiger partial charge in [-0.05, 0) is 88.7 Å². The van der Waals surface area contributed by atoms with Crippen molar-refractivity contribution in [2.75, 3.05) is 86.0 Å². The predicted octanol–water partition coefficient (Wildman–Crippen LogP) is 10.6. The van der Waals surface area contributed by atoms with Crippen molar-refractivity contribution in [3.05, 3.63) is 192 Å². The van der Waals surface area contributed by atoms with Gasteiger partial charge in [-0.1, -0.05) is 157 Å². The first-order valence-corrected chi connectivity index (χ1v) is 21.8. The topological polar surface area (TPSA) is 25.4 Å². The molecule has 6 aromatic carbocycles. The van der Waals surface area contributed by atoms with E-state index in [-0.39, 0.29) is 6.10 Å². The summed E-state index contributed by atoms with van der Waals surface area (Å²) in [5.74, 6) is 0. The van der Waals surface area contributed by atoms with Gasteiger partial charge < -0.3 is 24.3 Å². The van der Waals surface area contributed by atoms with E-state index in [4.69, 9.17) is 4.74 Å². The maximum atomic E-state index is 6.08. The number of nitrogens with zero attached hydrogens (tertiary/aromatic N) is 5. The monoisotopic (exact) mass is 805 g/mol. The van der Waals surface area contributed by atoms with Crippen LogP contribution in [0.3, 0.4) is 0 Å². The molecule has 2 aliphatic heterocycles. The van der Waals surface area contributed by atoms with Gasteiger partial charge in [-0.15, -0.1) is 0 Å². The molecule has 0 radical (unpaired) electrons. The molecule has 59 heavy (non-hydrogen) atoms. The molecule has 0 spiro atoms. The zero-order valence-corrected chi connectivity index (χ0v) is 36.7. The minimum atomic E-state index is 0.0161. The molecule has 0 aromatic heterocycles. The van der Waals surface area contributed by atoms with E-state index >= 15 is 0 Å². The fourth-order valence-electron chi connectivity index (χ4n) is 7.36. The van der Waals surface area contributed by atoms with E-state index in [2.05, 4.69) is 224 Å². The van der Waals surface area contributed by atoms with Crippen LogP contribution in [0.15, 0.2) is 180 Å². The Bertz CT molecular complexity index is 1950. The van der Waals surface area contributed by atoms with Crippen LogP contribution in [0.5, 0.6) is 0 Å². The number of likely N-dealkylation sites (N-methyl/N-ethyl adjacent to an activating group) is 3. The summed E-state index contributed by atoms with van der Waals surface area (Å²) >= 11 is 1.87. The lowest BCUT2D eigenvalue weighted by molar-refractivity contribution is 0.0687. The number of ether oxygens (including phenoxy) is 1. The van der Waals surface area contributed by atoms with Gasteiger partial charge in [-0.3, -0.25) is 4.90 Å². The lowest BCUT2D eigenvalue weighted by Crippen LogP contribution is -2.46. The van der Waals surface area contributed by atoms with Crippen molar-refractivity contribution in [3.8, 4) is 0 Å². The molecule has 1 unspecified atom stereocenters. The molecule has 0 amide bonds. The molecule has 7 heteroatoms. The predicted molar refractivity (Wildman–Crippen MR) is 250 cm³/mol. The van der Waals surface area contributed by atoms with Crippen molar-refractivity contribution in [3.63, 3.8) is 0 Å². The lowest BCUT2D eigenvalue weighted by Gasteiger charge is -2.38. The highest BCUT2D eigenvalue weighted by Crippen LogP contribution is 2.47. The highest BCUT2D eigenvalue weighted by atomic mass is 32.2. The van der Waals surface area contributed by atoms with Gasteiger partial charge in [0.15, 0.2) is 0 Å². The molecule has 6 aromatic rings. The molecule has 1 saturated heterocycles. The third-order valence-electron chi connectivity index (χ3n) is 11.0. The maximum Gasteiger partial charge on any atom is 0.108 e. The Kier molecular flexibility index (Phi) is 16.8. The number of anilines is 2. The van der Waals surface area contributed by atoms with Crippen molar-refractivity contribution < 1.29 is 4.74 Å². The third kappa shape index (κ3) is 12.6. The van der Waals surface area contributed by atoms with Crippen LogP contribution in [-0.4, -0.2) is 107 Å². The third-order valence-corrected chi connectivity index (χ3v) is 12.2. The van der Waals surface area contributed by atoms with Gasteiger partial charge in [0.25, 0.3) is 0 Å². The quantitative estimate of drug-likeness (QED) is 0.122. The molecular weight excluding hydrogens is 743 g/mol. The normalized spacial score (nSPS) is 14.6. The zero-order valence-electron chi connectivity index (χ0n) is 35.9. The fraction of sp³-hybridized carbons (Fsp3) is 0.308. The molecule has 0 saturated carbocycles. The van der Waals surface area contributed by atoms with E-state index in [0.29, 0.717) is 12.1 Å². The number of rotatable bonds is 12. The van der Waals surface area contributed by atoms with Crippen LogP contribution in [0.4, 0.5) is 11.4 Å². The van der Waals surface area contributed by atoms with Crippen molar-refractivity contribution in [2.45, 2.75) is 34.9 Å². The second kappa shape index (κ2) is 22.6. The van der Waals surface area contributed by atoms with Crippen molar-refractivity contribution in [2.24, 2.45) is 0 Å². The summed E-state index contributed by atoms with van der Waals surface area (Å²) in [4.78, 5) is 14.6. The number of fused-ring (bicyclic) bond motifs is 2. The molecule has 1 fully saturated rings. The highest BCUT2D eigenvalue weighted by Gasteiger charge is 2.26. The molecule has 0 bridgehead atoms. The second-order valence-corrected chi connectivity index (χ2v) is 17.0. The van der Waals surface area contributed by atoms with Crippen molar-refractivity contribution >= 4 is 23.1 Å². The Morgan fingerprint density at radius 2 is 0.949 bits per heavy atom. The number of benzene rings is 6. The van der Waals surface area contributed by atoms with Crippen LogP contribution in [-0.2, 0) is 4.74 Å². The number of hydrogen-bond acceptors (Lipinski definition) is 7. The second-order valence-electron chi connectivity index (χ2n) is 15.9. The molecule has 0 N–H and O–H groups in total. The van der Waals surface area contributed by atoms with Gasteiger partial charge in [-0.2, -0.15) is 0 Å². The van der Waals surface area contributed by atoms with Crippen LogP contribution >= 0.6 is 11.8 Å². The van der Waals surface area contributed by atoms with E-state index in [1.807, 2.05) is 23.9 Å². The number of hydrogen-bond donors (Lipinski definition) is 0. The average Bonchev–Trinajstić information content (AvgIpc) is 3.27. The maximum absolute atomic E-state index is 6.08. The minimum Gasteiger partial charge on any atom is -0.367 e. The van der Waals surface area contributed by atoms with Crippen molar-refractivity contribution in [1.82, 2.24) is 19.6 Å². The Balaban J connectivity index is 0.000000149. The lowest BCUT2D eigenvalue weighted by atomic mass is 9.96. The smallest absolute Gasteiger partial charge is 0.108 e. The average molecular weight is 806 g/mol. The van der Waals surface area contributed by atoms with Crippen LogP contribution in [0.2, 0.25) is 0 Å². The Morgan fingerprint density at radius 3 is 1.37 bits per heavy atom. The molecular formula is C52H63N5OS. The molecule has 308 valence electrons. The van der Waals surface area contributed by atoms with Gasteiger partial charge in [0, 0.05) is 55.1 Å². The van der Waals surface area contributed by atoms with E-state index in [9.17, 15) is 0 Å². The minimum absolute atomic E-state index is 0.0161. The largest absolute Gasteiger partial charge is 0.367 e. The molecule has 0 aliphatic carbocycles. The van der Waals surface area contributed by atoms with Gasteiger partial charge in [0.2, 0.25) is 0 Å². The summed E-state index contributed by atoms with van der Waals surface area (Å²) < 4.78 is 6.08. The summed E-state index contributed by atoms with van der Waals surface area (Å²) in [6, 6.07) is 60.7. The number of piperazine rings is 1. The van der Waals surface area contributed by atoms with Crippen LogP contribution in [0, 0.1) is 0 Å². The molecule has 2 heterocycles. The zero-order chi connectivity index (χ0) is 41.4. The van der Waals surface area contributed by atoms with Gasteiger partial charge in [-0.25, -0.2) is 0 Å².